The molecule has 1 unspecified atom stereocenters. The molecule has 0 aliphatic carbocycles. The minimum Gasteiger partial charge on any atom is -0.469 e. The van der Waals surface area contributed by atoms with Crippen molar-refractivity contribution in [3.8, 4) is 16.4 Å². The first-order chi connectivity index (χ1) is 13.0. The van der Waals surface area contributed by atoms with Gasteiger partial charge in [0.25, 0.3) is 5.91 Å². The van der Waals surface area contributed by atoms with Gasteiger partial charge in [-0.15, -0.1) is 16.4 Å². The molecule has 3 aromatic rings. The van der Waals surface area contributed by atoms with Crippen LogP contribution in [0.4, 0.5) is 4.39 Å². The Hall–Kier alpha value is -3.07. The van der Waals surface area contributed by atoms with Crippen molar-refractivity contribution in [2.75, 3.05) is 7.11 Å². The third-order valence-corrected chi connectivity index (χ3v) is 4.57. The molecule has 2 heterocycles. The fraction of sp³-hybridized carbons (Fsp3) is 0.222. The number of hydrogen-bond acceptors (Lipinski definition) is 6. The summed E-state index contributed by atoms with van der Waals surface area (Å²) in [6.07, 6.45) is 0.0404. The lowest BCUT2D eigenvalue weighted by atomic mass is 10.2. The van der Waals surface area contributed by atoms with E-state index in [0.717, 1.165) is 4.88 Å². The number of halogens is 1. The van der Waals surface area contributed by atoms with Gasteiger partial charge in [-0.25, -0.2) is 14.1 Å². The summed E-state index contributed by atoms with van der Waals surface area (Å²) in [4.78, 5) is 29.0. The first-order valence-corrected chi connectivity index (χ1v) is 9.00. The summed E-state index contributed by atoms with van der Waals surface area (Å²) in [5, 5.41) is 8.84. The van der Waals surface area contributed by atoms with Crippen molar-refractivity contribution in [3.05, 3.63) is 53.4 Å². The van der Waals surface area contributed by atoms with Gasteiger partial charge in [-0.1, -0.05) is 6.07 Å². The lowest BCUT2D eigenvalue weighted by Gasteiger charge is -2.10. The average molecular weight is 388 g/mol. The second-order valence-electron chi connectivity index (χ2n) is 5.78. The molecule has 9 heteroatoms. The summed E-state index contributed by atoms with van der Waals surface area (Å²) >= 11 is 1.45. The Morgan fingerprint density at radius 1 is 1.30 bits per heavy atom. The summed E-state index contributed by atoms with van der Waals surface area (Å²) < 4.78 is 19.3. The van der Waals surface area contributed by atoms with E-state index in [-0.39, 0.29) is 18.1 Å². The maximum absolute atomic E-state index is 13.2. The van der Waals surface area contributed by atoms with Gasteiger partial charge in [0.2, 0.25) is 5.82 Å². The molecule has 7 nitrogen and oxygen atoms in total. The van der Waals surface area contributed by atoms with E-state index in [1.54, 1.807) is 19.1 Å². The molecule has 0 aliphatic heterocycles. The number of esters is 1. The van der Waals surface area contributed by atoms with Crippen LogP contribution >= 0.6 is 11.3 Å². The van der Waals surface area contributed by atoms with Crippen molar-refractivity contribution in [2.45, 2.75) is 19.4 Å². The van der Waals surface area contributed by atoms with Crippen molar-refractivity contribution in [2.24, 2.45) is 0 Å². The van der Waals surface area contributed by atoms with Gasteiger partial charge >= 0.3 is 5.97 Å². The van der Waals surface area contributed by atoms with E-state index < -0.39 is 17.9 Å². The predicted molar refractivity (Wildman–Crippen MR) is 98.2 cm³/mol. The smallest absolute Gasteiger partial charge is 0.307 e. The molecule has 0 bridgehead atoms. The third kappa shape index (κ3) is 4.37. The van der Waals surface area contributed by atoms with Crippen molar-refractivity contribution in [3.63, 3.8) is 0 Å². The van der Waals surface area contributed by atoms with Crippen LogP contribution in [0.25, 0.3) is 16.4 Å². The number of aromatic nitrogens is 3. The zero-order chi connectivity index (χ0) is 19.4. The zero-order valence-electron chi connectivity index (χ0n) is 14.7. The molecule has 140 valence electrons. The Balaban J connectivity index is 1.91. The molecule has 0 radical (unpaired) electrons. The van der Waals surface area contributed by atoms with Crippen molar-refractivity contribution in [1.82, 2.24) is 20.1 Å². The van der Waals surface area contributed by atoms with Crippen LogP contribution in [0.15, 0.2) is 41.8 Å². The van der Waals surface area contributed by atoms with Gasteiger partial charge in [-0.05, 0) is 42.6 Å². The standard InChI is InChI=1S/C18H17FN4O3S/c1-11(10-15(24)26-2)20-18(25)16-21-17(14-4-3-9-27-14)23(22-16)13-7-5-12(19)6-8-13/h3-9,11H,10H2,1-2H3,(H,20,25). The summed E-state index contributed by atoms with van der Waals surface area (Å²) in [6, 6.07) is 9.03. The maximum atomic E-state index is 13.2. The van der Waals surface area contributed by atoms with Crippen LogP contribution in [0.5, 0.6) is 0 Å². The number of rotatable bonds is 6. The number of nitrogens with zero attached hydrogens (tertiary/aromatic N) is 3. The summed E-state index contributed by atoms with van der Waals surface area (Å²) in [5.74, 6) is -0.870. The highest BCUT2D eigenvalue weighted by atomic mass is 32.1. The molecule has 1 amide bonds. The van der Waals surface area contributed by atoms with Crippen molar-refractivity contribution < 1.29 is 18.7 Å². The Morgan fingerprint density at radius 2 is 2.04 bits per heavy atom. The number of benzene rings is 1. The predicted octanol–water partition coefficient (Wildman–Crippen LogP) is 2.82. The molecular formula is C18H17FN4O3S. The number of nitrogens with one attached hydrogen (secondary N) is 1. The fourth-order valence-corrected chi connectivity index (χ4v) is 3.11. The highest BCUT2D eigenvalue weighted by molar-refractivity contribution is 7.13. The van der Waals surface area contributed by atoms with Crippen LogP contribution in [0.3, 0.4) is 0 Å². The van der Waals surface area contributed by atoms with E-state index >= 15 is 0 Å². The Labute approximate surface area is 158 Å². The molecule has 0 saturated heterocycles. The van der Waals surface area contributed by atoms with Gasteiger partial charge < -0.3 is 10.1 Å². The second-order valence-corrected chi connectivity index (χ2v) is 6.73. The average Bonchev–Trinajstić information content (AvgIpc) is 3.31. The van der Waals surface area contributed by atoms with E-state index in [4.69, 9.17) is 0 Å². The molecule has 0 fully saturated rings. The number of amides is 1. The highest BCUT2D eigenvalue weighted by Gasteiger charge is 2.21. The fourth-order valence-electron chi connectivity index (χ4n) is 2.41. The largest absolute Gasteiger partial charge is 0.469 e. The summed E-state index contributed by atoms with van der Waals surface area (Å²) in [5.41, 5.74) is 0.578. The molecule has 1 aromatic carbocycles. The van der Waals surface area contributed by atoms with E-state index in [9.17, 15) is 14.0 Å². The van der Waals surface area contributed by atoms with Crippen LogP contribution in [-0.2, 0) is 9.53 Å². The van der Waals surface area contributed by atoms with E-state index in [0.29, 0.717) is 11.5 Å². The Bertz CT molecular complexity index is 938. The number of hydrogen-bond donors (Lipinski definition) is 1. The number of ether oxygens (including phenoxy) is 1. The van der Waals surface area contributed by atoms with E-state index in [2.05, 4.69) is 20.1 Å². The van der Waals surface area contributed by atoms with Crippen molar-refractivity contribution in [1.29, 1.82) is 0 Å². The number of thiophene rings is 1. The summed E-state index contributed by atoms with van der Waals surface area (Å²) in [7, 11) is 1.29. The third-order valence-electron chi connectivity index (χ3n) is 3.70. The normalized spacial score (nSPS) is 11.8. The quantitative estimate of drug-likeness (QED) is 0.656. The zero-order valence-corrected chi connectivity index (χ0v) is 15.5. The number of methoxy groups -OCH3 is 1. The minimum atomic E-state index is -0.509. The molecule has 1 atom stereocenters. The van der Waals surface area contributed by atoms with E-state index in [1.807, 2.05) is 17.5 Å². The van der Waals surface area contributed by atoms with Crippen molar-refractivity contribution >= 4 is 23.2 Å². The second kappa shape index (κ2) is 8.09. The topological polar surface area (TPSA) is 86.1 Å². The van der Waals surface area contributed by atoms with Gasteiger partial charge in [0.1, 0.15) is 5.82 Å². The first kappa shape index (κ1) is 18.7. The molecule has 0 saturated carbocycles. The lowest BCUT2D eigenvalue weighted by molar-refractivity contribution is -0.141. The SMILES string of the molecule is COC(=O)CC(C)NC(=O)c1nc(-c2cccs2)n(-c2ccc(F)cc2)n1. The van der Waals surface area contributed by atoms with Crippen LogP contribution in [0, 0.1) is 5.82 Å². The first-order valence-electron chi connectivity index (χ1n) is 8.12. The molecule has 2 aromatic heterocycles. The molecule has 1 N–H and O–H groups in total. The Kier molecular flexibility index (Phi) is 5.60. The number of carbonyl (C=O) groups is 2. The highest BCUT2D eigenvalue weighted by Crippen LogP contribution is 2.25. The van der Waals surface area contributed by atoms with Gasteiger partial charge in [0.05, 0.1) is 24.1 Å². The van der Waals surface area contributed by atoms with Gasteiger partial charge in [0.15, 0.2) is 5.82 Å². The van der Waals surface area contributed by atoms with Crippen LogP contribution in [0.2, 0.25) is 0 Å². The lowest BCUT2D eigenvalue weighted by Crippen LogP contribution is -2.35. The maximum Gasteiger partial charge on any atom is 0.307 e. The van der Waals surface area contributed by atoms with Gasteiger partial charge in [-0.2, -0.15) is 0 Å². The van der Waals surface area contributed by atoms with Gasteiger partial charge in [-0.3, -0.25) is 9.59 Å². The van der Waals surface area contributed by atoms with Crippen LogP contribution in [-0.4, -0.2) is 39.8 Å². The molecule has 0 aliphatic rings. The Morgan fingerprint density at radius 3 is 2.67 bits per heavy atom. The van der Waals surface area contributed by atoms with E-state index in [1.165, 1.54) is 35.3 Å². The molecule has 0 spiro atoms. The molecular weight excluding hydrogens is 371 g/mol. The molecule has 27 heavy (non-hydrogen) atoms. The minimum absolute atomic E-state index is 0.0404. The monoisotopic (exact) mass is 388 g/mol. The van der Waals surface area contributed by atoms with Crippen LogP contribution in [0.1, 0.15) is 24.0 Å². The summed E-state index contributed by atoms with van der Waals surface area (Å²) in [6.45, 7) is 1.69. The number of carbonyl (C=O) groups excluding carboxylic acids is 2. The van der Waals surface area contributed by atoms with Crippen LogP contribution < -0.4 is 5.32 Å². The molecule has 3 rings (SSSR count). The van der Waals surface area contributed by atoms with Gasteiger partial charge in [0, 0.05) is 6.04 Å².